The number of benzene rings is 2. The largest absolute Gasteiger partial charge is 0.493 e. The van der Waals surface area contributed by atoms with Crippen LogP contribution in [0.15, 0.2) is 42.5 Å². The monoisotopic (exact) mass is 414 g/mol. The van der Waals surface area contributed by atoms with Crippen molar-refractivity contribution < 1.29 is 23.7 Å². The van der Waals surface area contributed by atoms with E-state index in [1.165, 1.54) is 5.56 Å². The molecule has 0 aliphatic heterocycles. The second kappa shape index (κ2) is 11.3. The molecule has 0 atom stereocenters. The molecule has 2 aromatic carbocycles. The Hall–Kier alpha value is -2.89. The maximum absolute atomic E-state index is 11.6. The van der Waals surface area contributed by atoms with Crippen molar-refractivity contribution in [2.75, 3.05) is 27.4 Å². The van der Waals surface area contributed by atoms with Crippen molar-refractivity contribution in [1.82, 2.24) is 5.32 Å². The fourth-order valence-corrected chi connectivity index (χ4v) is 2.81. The molecule has 0 fully saturated rings. The summed E-state index contributed by atoms with van der Waals surface area (Å²) in [5, 5.41) is 2.68. The van der Waals surface area contributed by atoms with Gasteiger partial charge in [-0.1, -0.05) is 18.2 Å². The molecule has 0 spiro atoms. The van der Waals surface area contributed by atoms with Gasteiger partial charge in [0.1, 0.15) is 18.0 Å². The van der Waals surface area contributed by atoms with Crippen LogP contribution in [-0.2, 0) is 11.2 Å². The average molecular weight is 415 g/mol. The third-order valence-corrected chi connectivity index (χ3v) is 4.16. The number of methoxy groups -OCH3 is 2. The smallest absolute Gasteiger partial charge is 0.407 e. The number of carbonyl (C=O) groups is 1. The fourth-order valence-electron chi connectivity index (χ4n) is 2.81. The van der Waals surface area contributed by atoms with Crippen LogP contribution >= 0.6 is 0 Å². The quantitative estimate of drug-likeness (QED) is 0.566. The summed E-state index contributed by atoms with van der Waals surface area (Å²) >= 11 is 0. The van der Waals surface area contributed by atoms with Crippen LogP contribution in [0.1, 0.15) is 38.3 Å². The summed E-state index contributed by atoms with van der Waals surface area (Å²) in [6.07, 6.45) is 3.51. The molecule has 0 aliphatic rings. The maximum atomic E-state index is 11.6. The van der Waals surface area contributed by atoms with Gasteiger partial charge in [0, 0.05) is 0 Å². The molecule has 163 valence electrons. The van der Waals surface area contributed by atoms with Crippen LogP contribution in [0.4, 0.5) is 4.79 Å². The Balaban J connectivity index is 1.76. The highest BCUT2D eigenvalue weighted by Gasteiger charge is 2.15. The van der Waals surface area contributed by atoms with Gasteiger partial charge in [0.15, 0.2) is 11.5 Å². The minimum Gasteiger partial charge on any atom is -0.493 e. The standard InChI is InChI=1S/C24H32NO5/c1-24(2,3)30-23(26)25-14-15-29-20-11-7-10-18(16-20)8-6-9-19-12-13-21(27-4)22(17-19)28-5/h7-8,10-13,16-17H,6,9,14-15H2,1-5H3,(H,25,26). The van der Waals surface area contributed by atoms with Gasteiger partial charge in [-0.05, 0) is 75.4 Å². The number of hydrogen-bond acceptors (Lipinski definition) is 5. The van der Waals surface area contributed by atoms with E-state index in [1.54, 1.807) is 14.2 Å². The molecule has 0 saturated carbocycles. The topological polar surface area (TPSA) is 66.0 Å². The van der Waals surface area contributed by atoms with Crippen LogP contribution in [0.3, 0.4) is 0 Å². The summed E-state index contributed by atoms with van der Waals surface area (Å²) in [6.45, 7) is 6.24. The number of aryl methyl sites for hydroxylation is 1. The Kier molecular flexibility index (Phi) is 8.84. The van der Waals surface area contributed by atoms with Crippen LogP contribution in [0, 0.1) is 6.42 Å². The van der Waals surface area contributed by atoms with E-state index in [0.29, 0.717) is 13.2 Å². The molecule has 1 radical (unpaired) electrons. The highest BCUT2D eigenvalue weighted by atomic mass is 16.6. The van der Waals surface area contributed by atoms with Gasteiger partial charge in [-0.3, -0.25) is 0 Å². The van der Waals surface area contributed by atoms with Gasteiger partial charge in [0.05, 0.1) is 20.8 Å². The minimum atomic E-state index is -0.508. The number of nitrogens with one attached hydrogen (secondary N) is 1. The van der Waals surface area contributed by atoms with Gasteiger partial charge in [-0.15, -0.1) is 0 Å². The molecule has 6 nitrogen and oxygen atoms in total. The first kappa shape index (κ1) is 23.4. The number of ether oxygens (including phenoxy) is 4. The molecule has 1 N–H and O–H groups in total. The number of hydrogen-bond donors (Lipinski definition) is 1. The van der Waals surface area contributed by atoms with Crippen molar-refractivity contribution >= 4 is 6.09 Å². The lowest BCUT2D eigenvalue weighted by atomic mass is 10.0. The van der Waals surface area contributed by atoms with Gasteiger partial charge in [-0.25, -0.2) is 4.79 Å². The molecule has 1 amide bonds. The van der Waals surface area contributed by atoms with E-state index < -0.39 is 11.7 Å². The molecule has 0 aliphatic carbocycles. The van der Waals surface area contributed by atoms with Gasteiger partial charge < -0.3 is 24.3 Å². The molecule has 0 aromatic heterocycles. The predicted molar refractivity (Wildman–Crippen MR) is 117 cm³/mol. The van der Waals surface area contributed by atoms with Crippen LogP contribution in [0.2, 0.25) is 0 Å². The molecular formula is C24H32NO5. The van der Waals surface area contributed by atoms with E-state index in [2.05, 4.69) is 11.7 Å². The van der Waals surface area contributed by atoms with Crippen molar-refractivity contribution in [3.05, 3.63) is 60.0 Å². The molecule has 0 bridgehead atoms. The number of amides is 1. The Labute approximate surface area is 179 Å². The SMILES string of the molecule is COc1ccc(CC[CH]c2cccc(OCCNC(=O)OC(C)(C)C)c2)cc1OC. The van der Waals surface area contributed by atoms with Gasteiger partial charge in [-0.2, -0.15) is 0 Å². The molecule has 0 heterocycles. The zero-order chi connectivity index (χ0) is 22.0. The molecule has 0 saturated heterocycles. The summed E-state index contributed by atoms with van der Waals surface area (Å²) in [5.41, 5.74) is 1.77. The Bertz CT molecular complexity index is 813. The number of rotatable bonds is 10. The fraction of sp³-hybridized carbons (Fsp3) is 0.417. The lowest BCUT2D eigenvalue weighted by molar-refractivity contribution is 0.0520. The van der Waals surface area contributed by atoms with E-state index in [-0.39, 0.29) is 0 Å². The highest BCUT2D eigenvalue weighted by Crippen LogP contribution is 2.28. The first-order valence-corrected chi connectivity index (χ1v) is 10.0. The van der Waals surface area contributed by atoms with E-state index >= 15 is 0 Å². The number of alkyl carbamates (subject to hydrolysis) is 1. The molecule has 2 rings (SSSR count). The summed E-state index contributed by atoms with van der Waals surface area (Å²) < 4.78 is 21.6. The zero-order valence-corrected chi connectivity index (χ0v) is 18.5. The van der Waals surface area contributed by atoms with Gasteiger partial charge in [0.2, 0.25) is 0 Å². The lowest BCUT2D eigenvalue weighted by Crippen LogP contribution is -2.34. The average Bonchev–Trinajstić information content (AvgIpc) is 2.70. The minimum absolute atomic E-state index is 0.369. The van der Waals surface area contributed by atoms with E-state index in [4.69, 9.17) is 18.9 Å². The third-order valence-electron chi connectivity index (χ3n) is 4.16. The summed E-state index contributed by atoms with van der Waals surface area (Å²) in [4.78, 5) is 11.6. The predicted octanol–water partition coefficient (Wildman–Crippen LogP) is 4.79. The molecule has 0 unspecified atom stereocenters. The normalized spacial score (nSPS) is 11.0. The van der Waals surface area contributed by atoms with Gasteiger partial charge >= 0.3 is 6.09 Å². The third kappa shape index (κ3) is 8.23. The Morgan fingerprint density at radius 3 is 2.50 bits per heavy atom. The summed E-state index contributed by atoms with van der Waals surface area (Å²) in [5.74, 6) is 2.24. The highest BCUT2D eigenvalue weighted by molar-refractivity contribution is 5.67. The zero-order valence-electron chi connectivity index (χ0n) is 18.5. The molecule has 2 aromatic rings. The first-order valence-electron chi connectivity index (χ1n) is 10.0. The summed E-state index contributed by atoms with van der Waals surface area (Å²) in [6, 6.07) is 13.9. The maximum Gasteiger partial charge on any atom is 0.407 e. The Morgan fingerprint density at radius 2 is 1.80 bits per heavy atom. The second-order valence-corrected chi connectivity index (χ2v) is 7.78. The van der Waals surface area contributed by atoms with Crippen molar-refractivity contribution in [1.29, 1.82) is 0 Å². The van der Waals surface area contributed by atoms with E-state index in [0.717, 1.165) is 35.7 Å². The van der Waals surface area contributed by atoms with Crippen LogP contribution in [0.25, 0.3) is 0 Å². The van der Waals surface area contributed by atoms with Crippen LogP contribution < -0.4 is 19.5 Å². The lowest BCUT2D eigenvalue weighted by Gasteiger charge is -2.19. The Morgan fingerprint density at radius 1 is 1.03 bits per heavy atom. The van der Waals surface area contributed by atoms with Crippen molar-refractivity contribution in [3.8, 4) is 17.2 Å². The summed E-state index contributed by atoms with van der Waals surface area (Å²) in [7, 11) is 3.27. The number of carbonyl (C=O) groups excluding carboxylic acids is 1. The van der Waals surface area contributed by atoms with Crippen molar-refractivity contribution in [2.24, 2.45) is 0 Å². The second-order valence-electron chi connectivity index (χ2n) is 7.78. The van der Waals surface area contributed by atoms with Crippen molar-refractivity contribution in [2.45, 2.75) is 39.2 Å². The van der Waals surface area contributed by atoms with Gasteiger partial charge in [0.25, 0.3) is 0 Å². The van der Waals surface area contributed by atoms with E-state index in [1.807, 2.05) is 63.2 Å². The van der Waals surface area contributed by atoms with Crippen molar-refractivity contribution in [3.63, 3.8) is 0 Å². The molecule has 6 heteroatoms. The molecular weight excluding hydrogens is 382 g/mol. The van der Waals surface area contributed by atoms with E-state index in [9.17, 15) is 4.79 Å². The first-order chi connectivity index (χ1) is 14.3. The van der Waals surface area contributed by atoms with Crippen LogP contribution in [-0.4, -0.2) is 39.1 Å². The molecule has 30 heavy (non-hydrogen) atoms. The van der Waals surface area contributed by atoms with Crippen LogP contribution in [0.5, 0.6) is 17.2 Å².